The molecule has 0 saturated heterocycles. The number of carbonyl (C=O) groups is 2. The number of amides is 2. The molecule has 2 amide bonds. The Balaban J connectivity index is 2.89. The topological polar surface area (TPSA) is 95.8 Å². The van der Waals surface area contributed by atoms with E-state index < -0.39 is 0 Å². The molecule has 0 fully saturated rings. The maximum Gasteiger partial charge on any atom is 0.239 e. The fourth-order valence-electron chi connectivity index (χ4n) is 1.40. The number of carbonyl (C=O) groups excluding carboxylic acids is 2. The minimum atomic E-state index is -0.157. The van der Waals surface area contributed by atoms with Crippen LogP contribution in [0.5, 0.6) is 0 Å². The minimum absolute atomic E-state index is 0.157. The Morgan fingerprint density at radius 2 is 1.36 bits per heavy atom. The number of hydrogen-bond donors (Lipinski definition) is 2. The summed E-state index contributed by atoms with van der Waals surface area (Å²) < 4.78 is 0. The Kier molecular flexibility index (Phi) is 6.88. The van der Waals surface area contributed by atoms with E-state index in [1.54, 1.807) is 39.8 Å². The Hall–Kier alpha value is -2.57. The number of rotatable bonds is 6. The van der Waals surface area contributed by atoms with Gasteiger partial charge in [-0.1, -0.05) is 19.9 Å². The molecule has 1 heterocycles. The maximum atomic E-state index is 11.2. The lowest BCUT2D eigenvalue weighted by atomic mass is 10.2. The molecule has 0 radical (unpaired) electrons. The van der Waals surface area contributed by atoms with E-state index in [9.17, 15) is 9.59 Å². The molecule has 0 aromatic carbocycles. The zero-order valence-corrected chi connectivity index (χ0v) is 13.3. The van der Waals surface area contributed by atoms with Gasteiger partial charge in [0, 0.05) is 12.8 Å². The summed E-state index contributed by atoms with van der Waals surface area (Å²) in [4.78, 5) is 26.8. The van der Waals surface area contributed by atoms with Gasteiger partial charge in [-0.15, -0.1) is 0 Å². The van der Waals surface area contributed by atoms with E-state index in [2.05, 4.69) is 26.0 Å². The normalized spacial score (nSPS) is 12.0. The fraction of sp³-hybridized carbons (Fsp3) is 0.400. The summed E-state index contributed by atoms with van der Waals surface area (Å²) in [7, 11) is 0. The lowest BCUT2D eigenvalue weighted by Gasteiger charge is -2.05. The Bertz CT molecular complexity index is 558. The van der Waals surface area contributed by atoms with Gasteiger partial charge in [-0.05, 0) is 26.0 Å². The van der Waals surface area contributed by atoms with Crippen LogP contribution in [0.15, 0.2) is 28.4 Å². The SMILES string of the molecule is CCC(=O)N/N=C(\C)c1cccc(/C(C)=N/NC(=O)CC)n1. The van der Waals surface area contributed by atoms with Crippen LogP contribution in [0.3, 0.4) is 0 Å². The van der Waals surface area contributed by atoms with Gasteiger partial charge in [0.05, 0.1) is 22.8 Å². The summed E-state index contributed by atoms with van der Waals surface area (Å²) in [5, 5.41) is 8.00. The highest BCUT2D eigenvalue weighted by Gasteiger charge is 2.05. The average molecular weight is 303 g/mol. The molecule has 118 valence electrons. The van der Waals surface area contributed by atoms with E-state index in [1.807, 2.05) is 6.07 Å². The standard InChI is InChI=1S/C15H21N5O2/c1-5-14(21)19-17-10(3)12-8-7-9-13(16-12)11(4)18-20-15(22)6-2/h7-9H,5-6H2,1-4H3,(H,19,21)(H,20,22)/b17-10+,18-11+. The Morgan fingerprint density at radius 3 is 1.73 bits per heavy atom. The van der Waals surface area contributed by atoms with Crippen molar-refractivity contribution < 1.29 is 9.59 Å². The Labute approximate surface area is 129 Å². The maximum absolute atomic E-state index is 11.2. The van der Waals surface area contributed by atoms with Crippen molar-refractivity contribution in [2.24, 2.45) is 10.2 Å². The van der Waals surface area contributed by atoms with Crippen LogP contribution in [0.25, 0.3) is 0 Å². The minimum Gasteiger partial charge on any atom is -0.273 e. The zero-order valence-electron chi connectivity index (χ0n) is 13.3. The monoisotopic (exact) mass is 303 g/mol. The van der Waals surface area contributed by atoms with Gasteiger partial charge in [-0.25, -0.2) is 15.8 Å². The van der Waals surface area contributed by atoms with Crippen molar-refractivity contribution in [1.82, 2.24) is 15.8 Å². The van der Waals surface area contributed by atoms with Gasteiger partial charge in [0.1, 0.15) is 0 Å². The van der Waals surface area contributed by atoms with E-state index in [0.717, 1.165) is 0 Å². The van der Waals surface area contributed by atoms with E-state index in [4.69, 9.17) is 0 Å². The lowest BCUT2D eigenvalue weighted by molar-refractivity contribution is -0.121. The molecule has 0 aliphatic carbocycles. The van der Waals surface area contributed by atoms with Crippen molar-refractivity contribution in [3.63, 3.8) is 0 Å². The van der Waals surface area contributed by atoms with E-state index in [-0.39, 0.29) is 11.8 Å². The summed E-state index contributed by atoms with van der Waals surface area (Å²) >= 11 is 0. The number of pyridine rings is 1. The van der Waals surface area contributed by atoms with Crippen LogP contribution < -0.4 is 10.9 Å². The third-order valence-electron chi connectivity index (χ3n) is 2.83. The first kappa shape index (κ1) is 17.5. The number of aromatic nitrogens is 1. The molecule has 0 unspecified atom stereocenters. The van der Waals surface area contributed by atoms with Crippen LogP contribution in [-0.2, 0) is 9.59 Å². The Morgan fingerprint density at radius 1 is 0.955 bits per heavy atom. The molecule has 0 aliphatic heterocycles. The van der Waals surface area contributed by atoms with Crippen molar-refractivity contribution >= 4 is 23.2 Å². The predicted molar refractivity (Wildman–Crippen MR) is 85.5 cm³/mol. The lowest BCUT2D eigenvalue weighted by Crippen LogP contribution is -2.19. The highest BCUT2D eigenvalue weighted by atomic mass is 16.2. The smallest absolute Gasteiger partial charge is 0.239 e. The molecular weight excluding hydrogens is 282 g/mol. The molecule has 7 nitrogen and oxygen atoms in total. The highest BCUT2D eigenvalue weighted by Crippen LogP contribution is 2.03. The molecule has 0 spiro atoms. The molecule has 1 rings (SSSR count). The number of nitrogens with zero attached hydrogens (tertiary/aromatic N) is 3. The highest BCUT2D eigenvalue weighted by molar-refractivity contribution is 6.01. The van der Waals surface area contributed by atoms with Gasteiger partial charge in [-0.3, -0.25) is 9.59 Å². The quantitative estimate of drug-likeness (QED) is 0.617. The van der Waals surface area contributed by atoms with E-state index in [1.165, 1.54) is 0 Å². The third kappa shape index (κ3) is 5.43. The summed E-state index contributed by atoms with van der Waals surface area (Å²) in [6.45, 7) is 7.02. The van der Waals surface area contributed by atoms with Crippen LogP contribution >= 0.6 is 0 Å². The van der Waals surface area contributed by atoms with Crippen LogP contribution in [0.2, 0.25) is 0 Å². The second-order valence-electron chi connectivity index (χ2n) is 4.58. The van der Waals surface area contributed by atoms with Crippen LogP contribution in [0.4, 0.5) is 0 Å². The van der Waals surface area contributed by atoms with Crippen molar-refractivity contribution in [2.45, 2.75) is 40.5 Å². The molecule has 0 aliphatic rings. The summed E-state index contributed by atoms with van der Waals surface area (Å²) in [5.74, 6) is -0.314. The molecule has 2 N–H and O–H groups in total. The van der Waals surface area contributed by atoms with Crippen molar-refractivity contribution in [3.05, 3.63) is 29.6 Å². The van der Waals surface area contributed by atoms with Gasteiger partial charge in [-0.2, -0.15) is 10.2 Å². The zero-order chi connectivity index (χ0) is 16.5. The van der Waals surface area contributed by atoms with E-state index >= 15 is 0 Å². The van der Waals surface area contributed by atoms with Crippen LogP contribution in [0.1, 0.15) is 51.9 Å². The average Bonchev–Trinajstić information content (AvgIpc) is 2.56. The van der Waals surface area contributed by atoms with Gasteiger partial charge >= 0.3 is 0 Å². The van der Waals surface area contributed by atoms with Crippen molar-refractivity contribution in [2.75, 3.05) is 0 Å². The molecular formula is C15H21N5O2. The van der Waals surface area contributed by atoms with Crippen LogP contribution in [0, 0.1) is 0 Å². The van der Waals surface area contributed by atoms with Gasteiger partial charge in [0.2, 0.25) is 11.8 Å². The van der Waals surface area contributed by atoms with E-state index in [0.29, 0.717) is 35.7 Å². The molecule has 1 aromatic heterocycles. The summed E-state index contributed by atoms with van der Waals surface area (Å²) in [6.07, 6.45) is 0.736. The molecule has 22 heavy (non-hydrogen) atoms. The van der Waals surface area contributed by atoms with Crippen molar-refractivity contribution in [1.29, 1.82) is 0 Å². The number of nitrogens with one attached hydrogen (secondary N) is 2. The first-order valence-electron chi connectivity index (χ1n) is 7.12. The number of hydrazone groups is 2. The van der Waals surface area contributed by atoms with Gasteiger partial charge in [0.25, 0.3) is 0 Å². The second-order valence-corrected chi connectivity index (χ2v) is 4.58. The first-order chi connectivity index (χ1) is 10.5. The van der Waals surface area contributed by atoms with Crippen molar-refractivity contribution in [3.8, 4) is 0 Å². The van der Waals surface area contributed by atoms with Gasteiger partial charge < -0.3 is 0 Å². The van der Waals surface area contributed by atoms with Crippen LogP contribution in [-0.4, -0.2) is 28.2 Å². The van der Waals surface area contributed by atoms with Gasteiger partial charge in [0.15, 0.2) is 0 Å². The predicted octanol–water partition coefficient (Wildman–Crippen LogP) is 1.58. The largest absolute Gasteiger partial charge is 0.273 e. The first-order valence-corrected chi connectivity index (χ1v) is 7.12. The fourth-order valence-corrected chi connectivity index (χ4v) is 1.40. The third-order valence-corrected chi connectivity index (χ3v) is 2.83. The molecule has 0 bridgehead atoms. The summed E-state index contributed by atoms with van der Waals surface area (Å²) in [5.41, 5.74) is 7.34. The molecule has 0 atom stereocenters. The second kappa shape index (κ2) is 8.66. The molecule has 0 saturated carbocycles. The summed E-state index contributed by atoms with van der Waals surface area (Å²) in [6, 6.07) is 5.40. The molecule has 7 heteroatoms. The molecule has 1 aromatic rings. The number of hydrogen-bond acceptors (Lipinski definition) is 5.